The third kappa shape index (κ3) is 13.6. The van der Waals surface area contributed by atoms with Crippen LogP contribution in [0.25, 0.3) is 5.52 Å². The predicted octanol–water partition coefficient (Wildman–Crippen LogP) is 7.71. The van der Waals surface area contributed by atoms with E-state index in [1.54, 1.807) is 6.07 Å². The zero-order chi connectivity index (χ0) is 38.4. The van der Waals surface area contributed by atoms with Crippen molar-refractivity contribution in [3.8, 4) is 6.07 Å². The Balaban J connectivity index is 1.12. The summed E-state index contributed by atoms with van der Waals surface area (Å²) < 4.78 is 42.9. The van der Waals surface area contributed by atoms with Crippen LogP contribution in [0.5, 0.6) is 0 Å². The van der Waals surface area contributed by atoms with Gasteiger partial charge in [0.25, 0.3) is 0 Å². The van der Waals surface area contributed by atoms with Crippen molar-refractivity contribution in [2.75, 3.05) is 32.2 Å². The van der Waals surface area contributed by atoms with Gasteiger partial charge in [-0.3, -0.25) is 0 Å². The molecule has 298 valence electrons. The molecule has 2 aromatic heterocycles. The normalized spacial score (nSPS) is 20.7. The summed E-state index contributed by atoms with van der Waals surface area (Å²) in [5, 5.41) is 36.0. The Labute approximate surface area is 321 Å². The number of rotatable bonds is 29. The van der Waals surface area contributed by atoms with Crippen LogP contribution in [0.1, 0.15) is 121 Å². The van der Waals surface area contributed by atoms with E-state index >= 15 is 0 Å². The molecule has 14 heteroatoms. The number of unbranched alkanes of at least 4 members (excludes halogenated alkanes) is 15. The van der Waals surface area contributed by atoms with E-state index in [4.69, 9.17) is 29.0 Å². The van der Waals surface area contributed by atoms with Gasteiger partial charge in [-0.05, 0) is 24.1 Å². The van der Waals surface area contributed by atoms with Crippen LogP contribution in [-0.4, -0.2) is 75.7 Å². The summed E-state index contributed by atoms with van der Waals surface area (Å²) in [6, 6.07) is 14.8. The van der Waals surface area contributed by atoms with Crippen molar-refractivity contribution < 1.29 is 38.0 Å². The summed E-state index contributed by atoms with van der Waals surface area (Å²) in [5.41, 5.74) is 5.47. The molecule has 3 aromatic rings. The highest BCUT2D eigenvalue weighted by Gasteiger charge is 2.58. The molecule has 4 rings (SSSR count). The van der Waals surface area contributed by atoms with Gasteiger partial charge in [0.2, 0.25) is 5.60 Å². The van der Waals surface area contributed by atoms with Gasteiger partial charge in [-0.2, -0.15) is 10.4 Å². The highest BCUT2D eigenvalue weighted by atomic mass is 31.1. The van der Waals surface area contributed by atoms with Gasteiger partial charge in [0.15, 0.2) is 5.82 Å². The number of aliphatic hydroxyl groups excluding tert-OH is 2. The van der Waals surface area contributed by atoms with E-state index in [-0.39, 0.29) is 24.7 Å². The lowest BCUT2D eigenvalue weighted by atomic mass is 9.92. The minimum absolute atomic E-state index is 0.0584. The van der Waals surface area contributed by atoms with Crippen LogP contribution < -0.4 is 5.73 Å². The molecule has 1 aliphatic heterocycles. The summed E-state index contributed by atoms with van der Waals surface area (Å²) in [7, 11) is -2.66. The second kappa shape index (κ2) is 24.5. The van der Waals surface area contributed by atoms with Gasteiger partial charge in [-0.15, -0.1) is 9.05 Å². The second-order valence-electron chi connectivity index (χ2n) is 14.2. The summed E-state index contributed by atoms with van der Waals surface area (Å²) in [6.07, 6.45) is 17.3. The van der Waals surface area contributed by atoms with Gasteiger partial charge >= 0.3 is 8.25 Å². The van der Waals surface area contributed by atoms with E-state index in [9.17, 15) is 20.0 Å². The topological polar surface area (TPSA) is 184 Å². The average Bonchev–Trinajstić information content (AvgIpc) is 3.74. The van der Waals surface area contributed by atoms with E-state index in [2.05, 4.69) is 17.0 Å². The number of fused-ring (bicyclic) bond motifs is 1. The minimum atomic E-state index is -2.66. The maximum Gasteiger partial charge on any atom is 0.697 e. The van der Waals surface area contributed by atoms with E-state index in [0.29, 0.717) is 18.7 Å². The van der Waals surface area contributed by atoms with Crippen LogP contribution in [0.3, 0.4) is 0 Å². The first-order valence-corrected chi connectivity index (χ1v) is 21.0. The first-order valence-electron chi connectivity index (χ1n) is 19.9. The van der Waals surface area contributed by atoms with E-state index in [1.165, 1.54) is 107 Å². The largest absolute Gasteiger partial charge is 0.697 e. The summed E-state index contributed by atoms with van der Waals surface area (Å²) in [4.78, 5) is 3.93. The molecule has 0 spiro atoms. The zero-order valence-corrected chi connectivity index (χ0v) is 32.8. The average molecular weight is 771 g/mol. The first kappa shape index (κ1) is 43.7. The Hall–Kier alpha value is -3.05. The molecule has 6 atom stereocenters. The number of hydrogen-bond donors (Lipinski definition) is 3. The van der Waals surface area contributed by atoms with Crippen LogP contribution in [-0.2, 0) is 40.0 Å². The van der Waals surface area contributed by atoms with Crippen molar-refractivity contribution in [3.05, 3.63) is 60.0 Å². The molecule has 0 bridgehead atoms. The fourth-order valence-corrected chi connectivity index (χ4v) is 7.40. The van der Waals surface area contributed by atoms with E-state index in [0.717, 1.165) is 18.4 Å². The Kier molecular flexibility index (Phi) is 19.8. The van der Waals surface area contributed by atoms with Crippen molar-refractivity contribution in [1.29, 1.82) is 5.26 Å². The van der Waals surface area contributed by atoms with Gasteiger partial charge in [0, 0.05) is 11.2 Å². The van der Waals surface area contributed by atoms with Crippen molar-refractivity contribution >= 4 is 19.6 Å². The van der Waals surface area contributed by atoms with Crippen LogP contribution in [0.4, 0.5) is 5.82 Å². The predicted molar refractivity (Wildman–Crippen MR) is 206 cm³/mol. The molecule has 1 aromatic carbocycles. The monoisotopic (exact) mass is 770 g/mol. The van der Waals surface area contributed by atoms with Gasteiger partial charge in [-0.1, -0.05) is 134 Å². The Morgan fingerprint density at radius 2 is 1.54 bits per heavy atom. The smallest absolute Gasteiger partial charge is 0.387 e. The van der Waals surface area contributed by atoms with E-state index < -0.39 is 44.9 Å². The minimum Gasteiger partial charge on any atom is -0.387 e. The summed E-state index contributed by atoms with van der Waals surface area (Å²) >= 11 is 0. The van der Waals surface area contributed by atoms with Crippen molar-refractivity contribution in [1.82, 2.24) is 14.6 Å². The molecule has 0 radical (unpaired) electrons. The highest BCUT2D eigenvalue weighted by Crippen LogP contribution is 2.41. The fourth-order valence-electron chi connectivity index (χ4n) is 6.77. The van der Waals surface area contributed by atoms with E-state index in [1.807, 2.05) is 36.4 Å². The van der Waals surface area contributed by atoms with Crippen LogP contribution in [0.2, 0.25) is 0 Å². The molecule has 3 heterocycles. The third-order valence-corrected chi connectivity index (χ3v) is 10.7. The molecule has 0 amide bonds. The van der Waals surface area contributed by atoms with Crippen LogP contribution in [0.15, 0.2) is 48.8 Å². The summed E-state index contributed by atoms with van der Waals surface area (Å²) in [6.45, 7) is 2.98. The Morgan fingerprint density at radius 1 is 0.907 bits per heavy atom. The van der Waals surface area contributed by atoms with Gasteiger partial charge in [-0.25, -0.2) is 9.50 Å². The quantitative estimate of drug-likeness (QED) is 0.0462. The molecular weight excluding hydrogens is 709 g/mol. The molecule has 1 fully saturated rings. The highest BCUT2D eigenvalue weighted by molar-refractivity contribution is 7.33. The fraction of sp³-hybridized carbons (Fsp3) is 0.675. The van der Waals surface area contributed by atoms with Gasteiger partial charge < -0.3 is 30.2 Å². The van der Waals surface area contributed by atoms with Crippen LogP contribution >= 0.6 is 8.25 Å². The molecule has 4 N–H and O–H groups in total. The van der Waals surface area contributed by atoms with Crippen molar-refractivity contribution in [2.24, 2.45) is 0 Å². The second-order valence-corrected chi connectivity index (χ2v) is 15.2. The number of nitrogens with two attached hydrogens (primary N) is 1. The first-order chi connectivity index (χ1) is 26.4. The molecule has 1 unspecified atom stereocenters. The number of nitrogen functional groups attached to an aromatic ring is 1. The molecular formula is C40H61N5O8P+. The molecule has 0 saturated carbocycles. The number of aliphatic hydroxyl groups is 2. The molecule has 1 saturated heterocycles. The molecule has 1 aliphatic rings. The van der Waals surface area contributed by atoms with Crippen molar-refractivity contribution in [2.45, 2.75) is 146 Å². The Bertz CT molecular complexity index is 1540. The lowest BCUT2D eigenvalue weighted by Crippen LogP contribution is -2.41. The maximum absolute atomic E-state index is 12.8. The van der Waals surface area contributed by atoms with Gasteiger partial charge in [0.05, 0.1) is 18.9 Å². The van der Waals surface area contributed by atoms with Gasteiger partial charge in [0.1, 0.15) is 55.5 Å². The number of nitriles is 1. The molecule has 54 heavy (non-hydrogen) atoms. The SMILES string of the molecule is CCCCCCCCCCCCCCCCCCOC[C@H](CO[P+](=O)OC[C@H]1O[C@@](C#N)(c2ccc3c(N)ncnn23)[C@H](O)[C@@H]1O)OCc1ccccc1. The molecule has 13 nitrogen and oxygen atoms in total. The zero-order valence-electron chi connectivity index (χ0n) is 31.9. The number of anilines is 1. The number of hydrogen-bond acceptors (Lipinski definition) is 12. The molecule has 0 aliphatic carbocycles. The maximum atomic E-state index is 12.8. The lowest BCUT2D eigenvalue weighted by Gasteiger charge is -2.24. The number of ether oxygens (including phenoxy) is 3. The third-order valence-electron chi connectivity index (χ3n) is 9.97. The van der Waals surface area contributed by atoms with Crippen molar-refractivity contribution in [3.63, 3.8) is 0 Å². The number of nitrogens with zero attached hydrogens (tertiary/aromatic N) is 4. The number of aromatic nitrogens is 3. The summed E-state index contributed by atoms with van der Waals surface area (Å²) in [5.74, 6) is 0.170. The standard InChI is InChI=1S/C40H61N5O8P/c1-2-3-4-5-6-7-8-9-10-11-12-13-14-15-16-20-25-49-27-33(50-26-32-21-18-17-19-22-32)28-51-54(48)52-29-35-37(46)38(47)40(30-41,53-35)36-24-23-34-39(42)43-31-44-45(34)36/h17-19,21-24,31,33,35,37-38,46-47H,2-16,20,25-29H2,1H3,(H2,42,43,44)/q+1/t33-,35-,37-,38-,40+/m1/s1. The Morgan fingerprint density at radius 3 is 2.17 bits per heavy atom. The van der Waals surface area contributed by atoms with Crippen LogP contribution in [0, 0.1) is 11.3 Å². The number of benzene rings is 1. The lowest BCUT2D eigenvalue weighted by molar-refractivity contribution is -0.0642.